The van der Waals surface area contributed by atoms with Gasteiger partial charge in [0.2, 0.25) is 5.28 Å². The van der Waals surface area contributed by atoms with Crippen molar-refractivity contribution in [3.63, 3.8) is 0 Å². The third-order valence-electron chi connectivity index (χ3n) is 1.63. The first-order valence-electron chi connectivity index (χ1n) is 3.35. The molecule has 5 heteroatoms. The second-order valence-electron chi connectivity index (χ2n) is 2.44. The molecular weight excluding hydrogens is 197 g/mol. The number of H-pyrrole nitrogens is 1. The van der Waals surface area contributed by atoms with Crippen LogP contribution in [-0.2, 0) is 0 Å². The molecule has 0 bridgehead atoms. The van der Waals surface area contributed by atoms with E-state index in [4.69, 9.17) is 23.2 Å². The van der Waals surface area contributed by atoms with Crippen LogP contribution in [-0.4, -0.2) is 15.0 Å². The van der Waals surface area contributed by atoms with Gasteiger partial charge in [0.25, 0.3) is 0 Å². The van der Waals surface area contributed by atoms with Crippen molar-refractivity contribution >= 4 is 34.2 Å². The molecule has 2 aromatic heterocycles. The van der Waals surface area contributed by atoms with Gasteiger partial charge < -0.3 is 4.98 Å². The van der Waals surface area contributed by atoms with Gasteiger partial charge in [-0.2, -0.15) is 0 Å². The quantitative estimate of drug-likeness (QED) is 0.667. The molecule has 0 aliphatic rings. The maximum Gasteiger partial charge on any atom is 0.223 e. The molecule has 0 unspecified atom stereocenters. The summed E-state index contributed by atoms with van der Waals surface area (Å²) in [5.41, 5.74) is 2.32. The van der Waals surface area contributed by atoms with Gasteiger partial charge in [-0.3, -0.25) is 0 Å². The van der Waals surface area contributed by atoms with Crippen LogP contribution < -0.4 is 0 Å². The summed E-state index contributed by atoms with van der Waals surface area (Å²) in [6, 6.07) is 0. The van der Waals surface area contributed by atoms with Crippen LogP contribution >= 0.6 is 23.2 Å². The average Bonchev–Trinajstić information content (AvgIpc) is 2.33. The fraction of sp³-hybridized carbons (Fsp3) is 0.143. The van der Waals surface area contributed by atoms with Gasteiger partial charge in [0, 0.05) is 6.20 Å². The van der Waals surface area contributed by atoms with Crippen LogP contribution in [0, 0.1) is 6.92 Å². The predicted octanol–water partition coefficient (Wildman–Crippen LogP) is 2.57. The van der Waals surface area contributed by atoms with Crippen LogP contribution in [0.2, 0.25) is 10.3 Å². The zero-order valence-electron chi connectivity index (χ0n) is 6.23. The van der Waals surface area contributed by atoms with Crippen molar-refractivity contribution < 1.29 is 0 Å². The van der Waals surface area contributed by atoms with Crippen molar-refractivity contribution in [2.24, 2.45) is 0 Å². The number of aromatic amines is 1. The van der Waals surface area contributed by atoms with Gasteiger partial charge >= 0.3 is 0 Å². The molecule has 2 heterocycles. The molecule has 0 saturated carbocycles. The standard InChI is InChI=1S/C7H5Cl2N3/c1-3-5-6(4(8)2-10-5)12-7(9)11-3/h2,10H,1H3. The Labute approximate surface area is 78.7 Å². The summed E-state index contributed by atoms with van der Waals surface area (Å²) in [5, 5.41) is 0.791. The lowest BCUT2D eigenvalue weighted by atomic mass is 10.3. The van der Waals surface area contributed by atoms with Crippen molar-refractivity contribution in [2.45, 2.75) is 6.92 Å². The summed E-state index contributed by atoms with van der Waals surface area (Å²) in [5.74, 6) is 0. The summed E-state index contributed by atoms with van der Waals surface area (Å²) in [6.45, 7) is 1.85. The molecule has 62 valence electrons. The number of hydrogen-bond donors (Lipinski definition) is 1. The molecule has 0 fully saturated rings. The Morgan fingerprint density at radius 3 is 2.83 bits per heavy atom. The molecule has 3 nitrogen and oxygen atoms in total. The lowest BCUT2D eigenvalue weighted by molar-refractivity contribution is 1.14. The summed E-state index contributed by atoms with van der Waals surface area (Å²) >= 11 is 11.5. The minimum atomic E-state index is 0.224. The fourth-order valence-electron chi connectivity index (χ4n) is 1.09. The molecule has 0 spiro atoms. The zero-order chi connectivity index (χ0) is 8.72. The summed E-state index contributed by atoms with van der Waals surface area (Å²) in [4.78, 5) is 10.9. The number of nitrogens with one attached hydrogen (secondary N) is 1. The molecular formula is C7H5Cl2N3. The normalized spacial score (nSPS) is 10.9. The number of aromatic nitrogens is 3. The van der Waals surface area contributed by atoms with E-state index < -0.39 is 0 Å². The minimum Gasteiger partial charge on any atom is -0.357 e. The first kappa shape index (κ1) is 7.83. The molecule has 0 aliphatic carbocycles. The summed E-state index contributed by atoms with van der Waals surface area (Å²) in [7, 11) is 0. The van der Waals surface area contributed by atoms with Crippen LogP contribution in [0.4, 0.5) is 0 Å². The highest BCUT2D eigenvalue weighted by molar-refractivity contribution is 6.35. The van der Waals surface area contributed by atoms with Crippen LogP contribution in [0.15, 0.2) is 6.20 Å². The Morgan fingerprint density at radius 2 is 2.08 bits per heavy atom. The van der Waals surface area contributed by atoms with Crippen LogP contribution in [0.3, 0.4) is 0 Å². The van der Waals surface area contributed by atoms with Crippen molar-refractivity contribution in [1.29, 1.82) is 0 Å². The van der Waals surface area contributed by atoms with E-state index in [1.165, 1.54) is 0 Å². The molecule has 0 aromatic carbocycles. The number of nitrogens with zero attached hydrogens (tertiary/aromatic N) is 2. The Morgan fingerprint density at radius 1 is 1.33 bits per heavy atom. The molecule has 0 saturated heterocycles. The summed E-state index contributed by atoms with van der Waals surface area (Å²) < 4.78 is 0. The van der Waals surface area contributed by atoms with Crippen LogP contribution in [0.25, 0.3) is 11.0 Å². The third-order valence-corrected chi connectivity index (χ3v) is 2.09. The van der Waals surface area contributed by atoms with Crippen molar-refractivity contribution in [1.82, 2.24) is 15.0 Å². The van der Waals surface area contributed by atoms with E-state index in [1.54, 1.807) is 6.20 Å². The van der Waals surface area contributed by atoms with E-state index in [2.05, 4.69) is 15.0 Å². The van der Waals surface area contributed by atoms with Gasteiger partial charge in [-0.05, 0) is 18.5 Å². The van der Waals surface area contributed by atoms with Gasteiger partial charge in [-0.15, -0.1) is 0 Å². The van der Waals surface area contributed by atoms with Gasteiger partial charge in [0.15, 0.2) is 0 Å². The number of halogens is 2. The van der Waals surface area contributed by atoms with Gasteiger partial charge in [-0.25, -0.2) is 9.97 Å². The molecule has 0 atom stereocenters. The van der Waals surface area contributed by atoms with Gasteiger partial charge in [0.05, 0.1) is 16.2 Å². The van der Waals surface area contributed by atoms with Gasteiger partial charge in [0.1, 0.15) is 5.52 Å². The molecule has 2 aromatic rings. The number of hydrogen-bond acceptors (Lipinski definition) is 2. The predicted molar refractivity (Wildman–Crippen MR) is 48.6 cm³/mol. The largest absolute Gasteiger partial charge is 0.357 e. The monoisotopic (exact) mass is 201 g/mol. The Kier molecular flexibility index (Phi) is 1.70. The van der Waals surface area contributed by atoms with E-state index >= 15 is 0 Å². The van der Waals surface area contributed by atoms with Gasteiger partial charge in [-0.1, -0.05) is 11.6 Å². The molecule has 0 radical (unpaired) electrons. The number of rotatable bonds is 0. The first-order valence-corrected chi connectivity index (χ1v) is 4.11. The molecule has 1 N–H and O–H groups in total. The van der Waals surface area contributed by atoms with E-state index in [0.717, 1.165) is 11.2 Å². The number of fused-ring (bicyclic) bond motifs is 1. The first-order chi connectivity index (χ1) is 5.68. The third kappa shape index (κ3) is 1.06. The lowest BCUT2D eigenvalue weighted by Gasteiger charge is -1.95. The highest BCUT2D eigenvalue weighted by atomic mass is 35.5. The minimum absolute atomic E-state index is 0.224. The highest BCUT2D eigenvalue weighted by Crippen LogP contribution is 2.23. The summed E-state index contributed by atoms with van der Waals surface area (Å²) in [6.07, 6.45) is 1.67. The van der Waals surface area contributed by atoms with Crippen molar-refractivity contribution in [2.75, 3.05) is 0 Å². The van der Waals surface area contributed by atoms with Crippen LogP contribution in [0.1, 0.15) is 5.69 Å². The lowest BCUT2D eigenvalue weighted by Crippen LogP contribution is -1.87. The van der Waals surface area contributed by atoms with E-state index in [1.807, 2.05) is 6.92 Å². The smallest absolute Gasteiger partial charge is 0.223 e. The molecule has 0 amide bonds. The van der Waals surface area contributed by atoms with Crippen molar-refractivity contribution in [3.05, 3.63) is 22.2 Å². The molecule has 2 rings (SSSR count). The Hall–Kier alpha value is -0.800. The SMILES string of the molecule is Cc1nc(Cl)nc2c(Cl)c[nH]c12. The maximum atomic E-state index is 5.84. The fourth-order valence-corrected chi connectivity index (χ4v) is 1.49. The second-order valence-corrected chi connectivity index (χ2v) is 3.18. The van der Waals surface area contributed by atoms with Crippen molar-refractivity contribution in [3.8, 4) is 0 Å². The van der Waals surface area contributed by atoms with E-state index in [0.29, 0.717) is 10.5 Å². The highest BCUT2D eigenvalue weighted by Gasteiger charge is 2.07. The Bertz CT molecular complexity index is 435. The number of aryl methyl sites for hydroxylation is 1. The second kappa shape index (κ2) is 2.61. The maximum absolute atomic E-state index is 5.84. The zero-order valence-corrected chi connectivity index (χ0v) is 7.74. The Balaban J connectivity index is 2.92. The topological polar surface area (TPSA) is 41.6 Å². The molecule has 12 heavy (non-hydrogen) atoms. The van der Waals surface area contributed by atoms with E-state index in [9.17, 15) is 0 Å². The van der Waals surface area contributed by atoms with Crippen LogP contribution in [0.5, 0.6) is 0 Å². The molecule has 0 aliphatic heterocycles. The average molecular weight is 202 g/mol. The van der Waals surface area contributed by atoms with E-state index in [-0.39, 0.29) is 5.28 Å².